The topological polar surface area (TPSA) is 51.2 Å². The van der Waals surface area contributed by atoms with Crippen LogP contribution in [0.1, 0.15) is 28.4 Å². The molecule has 0 unspecified atom stereocenters. The van der Waals surface area contributed by atoms with Gasteiger partial charge in [-0.15, -0.1) is 0 Å². The maximum atomic E-state index is 11.9. The molecule has 2 rings (SSSR count). The second-order valence-electron chi connectivity index (χ2n) is 4.51. The zero-order valence-corrected chi connectivity index (χ0v) is 11.9. The smallest absolute Gasteiger partial charge is 0.341 e. The van der Waals surface area contributed by atoms with Crippen LogP contribution in [0.3, 0.4) is 0 Å². The fraction of sp³-hybridized carbons (Fsp3) is 0.250. The van der Waals surface area contributed by atoms with E-state index in [0.29, 0.717) is 18.0 Å². The molecular weight excluding hydrogens is 252 g/mol. The van der Waals surface area contributed by atoms with E-state index in [1.807, 2.05) is 32.0 Å². The summed E-state index contributed by atoms with van der Waals surface area (Å²) < 4.78 is 5.05. The summed E-state index contributed by atoms with van der Waals surface area (Å²) >= 11 is 0. The highest BCUT2D eigenvalue weighted by Crippen LogP contribution is 2.25. The molecule has 0 aliphatic rings. The van der Waals surface area contributed by atoms with E-state index >= 15 is 0 Å². The highest BCUT2D eigenvalue weighted by atomic mass is 16.5. The van der Waals surface area contributed by atoms with Crippen LogP contribution in [0.2, 0.25) is 0 Å². The minimum atomic E-state index is -0.366. The number of nitrogens with zero attached hydrogens (tertiary/aromatic N) is 1. The minimum Gasteiger partial charge on any atom is -0.462 e. The Labute approximate surface area is 118 Å². The third-order valence-corrected chi connectivity index (χ3v) is 3.03. The van der Waals surface area contributed by atoms with Crippen molar-refractivity contribution < 1.29 is 9.53 Å². The fourth-order valence-corrected chi connectivity index (χ4v) is 2.01. The summed E-state index contributed by atoms with van der Waals surface area (Å²) in [5.74, 6) is 0.151. The van der Waals surface area contributed by atoms with E-state index < -0.39 is 0 Å². The molecule has 0 amide bonds. The number of hydrogen-bond acceptors (Lipinski definition) is 4. The van der Waals surface area contributed by atoms with E-state index in [4.69, 9.17) is 4.74 Å². The molecule has 1 aromatic carbocycles. The Morgan fingerprint density at radius 2 is 1.90 bits per heavy atom. The van der Waals surface area contributed by atoms with Crippen LogP contribution in [0.5, 0.6) is 0 Å². The van der Waals surface area contributed by atoms with Crippen LogP contribution in [0.15, 0.2) is 36.5 Å². The number of pyridine rings is 1. The second kappa shape index (κ2) is 6.19. The monoisotopic (exact) mass is 270 g/mol. The van der Waals surface area contributed by atoms with Crippen molar-refractivity contribution >= 4 is 17.5 Å². The standard InChI is InChI=1S/C16H18N2O2/c1-4-20-16(19)13-9-6-10-17-15(13)18-14-11(2)7-5-8-12(14)3/h5-10H,4H2,1-3H3,(H,17,18). The molecule has 0 fully saturated rings. The average molecular weight is 270 g/mol. The van der Waals surface area contributed by atoms with Crippen molar-refractivity contribution in [3.05, 3.63) is 53.2 Å². The van der Waals surface area contributed by atoms with Crippen LogP contribution in [-0.4, -0.2) is 17.6 Å². The van der Waals surface area contributed by atoms with E-state index in [9.17, 15) is 4.79 Å². The largest absolute Gasteiger partial charge is 0.462 e. The molecule has 0 aliphatic carbocycles. The first kappa shape index (κ1) is 14.1. The Morgan fingerprint density at radius 1 is 1.20 bits per heavy atom. The molecule has 0 saturated heterocycles. The van der Waals surface area contributed by atoms with Crippen molar-refractivity contribution in [2.75, 3.05) is 11.9 Å². The number of benzene rings is 1. The van der Waals surface area contributed by atoms with Crippen LogP contribution >= 0.6 is 0 Å². The van der Waals surface area contributed by atoms with Crippen molar-refractivity contribution in [3.8, 4) is 0 Å². The first-order valence-corrected chi connectivity index (χ1v) is 6.59. The van der Waals surface area contributed by atoms with E-state index in [0.717, 1.165) is 16.8 Å². The molecule has 4 nitrogen and oxygen atoms in total. The molecule has 1 N–H and O–H groups in total. The van der Waals surface area contributed by atoms with Gasteiger partial charge in [-0.3, -0.25) is 0 Å². The molecule has 0 spiro atoms. The normalized spacial score (nSPS) is 10.2. The molecule has 4 heteroatoms. The summed E-state index contributed by atoms with van der Waals surface area (Å²) in [6, 6.07) is 9.47. The number of aromatic nitrogens is 1. The van der Waals surface area contributed by atoms with Gasteiger partial charge >= 0.3 is 5.97 Å². The number of carbonyl (C=O) groups excluding carboxylic acids is 1. The fourth-order valence-electron chi connectivity index (χ4n) is 2.01. The van der Waals surface area contributed by atoms with Crippen LogP contribution in [0.25, 0.3) is 0 Å². The number of esters is 1. The number of hydrogen-bond donors (Lipinski definition) is 1. The maximum absolute atomic E-state index is 11.9. The van der Waals surface area contributed by atoms with Gasteiger partial charge in [0, 0.05) is 11.9 Å². The second-order valence-corrected chi connectivity index (χ2v) is 4.51. The summed E-state index contributed by atoms with van der Waals surface area (Å²) in [6.45, 7) is 6.16. The van der Waals surface area contributed by atoms with Crippen molar-refractivity contribution in [1.82, 2.24) is 4.98 Å². The van der Waals surface area contributed by atoms with E-state index in [2.05, 4.69) is 10.3 Å². The third kappa shape index (κ3) is 2.96. The summed E-state index contributed by atoms with van der Waals surface area (Å²) in [5.41, 5.74) is 3.62. The molecule has 0 saturated carbocycles. The van der Waals surface area contributed by atoms with Crippen LogP contribution in [0, 0.1) is 13.8 Å². The van der Waals surface area contributed by atoms with Gasteiger partial charge in [0.25, 0.3) is 0 Å². The number of rotatable bonds is 4. The van der Waals surface area contributed by atoms with E-state index in [-0.39, 0.29) is 5.97 Å². The van der Waals surface area contributed by atoms with Gasteiger partial charge in [-0.25, -0.2) is 9.78 Å². The summed E-state index contributed by atoms with van der Waals surface area (Å²) in [5, 5.41) is 3.24. The van der Waals surface area contributed by atoms with Gasteiger partial charge < -0.3 is 10.1 Å². The molecule has 104 valence electrons. The quantitative estimate of drug-likeness (QED) is 0.862. The molecule has 0 aliphatic heterocycles. The summed E-state index contributed by atoms with van der Waals surface area (Å²) in [4.78, 5) is 16.2. The number of ether oxygens (including phenoxy) is 1. The highest BCUT2D eigenvalue weighted by molar-refractivity contribution is 5.95. The Morgan fingerprint density at radius 3 is 2.55 bits per heavy atom. The predicted octanol–water partition coefficient (Wildman–Crippen LogP) is 3.62. The van der Waals surface area contributed by atoms with Gasteiger partial charge in [0.05, 0.1) is 6.61 Å². The lowest BCUT2D eigenvalue weighted by atomic mass is 10.1. The van der Waals surface area contributed by atoms with E-state index in [1.54, 1.807) is 25.3 Å². The molecule has 2 aromatic rings. The first-order valence-electron chi connectivity index (χ1n) is 6.59. The average Bonchev–Trinajstić information content (AvgIpc) is 2.44. The van der Waals surface area contributed by atoms with Crippen molar-refractivity contribution in [3.63, 3.8) is 0 Å². The third-order valence-electron chi connectivity index (χ3n) is 3.03. The van der Waals surface area contributed by atoms with Crippen LogP contribution in [-0.2, 0) is 4.74 Å². The van der Waals surface area contributed by atoms with Gasteiger partial charge in [0.1, 0.15) is 11.4 Å². The van der Waals surface area contributed by atoms with Gasteiger partial charge in [0.2, 0.25) is 0 Å². The van der Waals surface area contributed by atoms with Gasteiger partial charge in [0.15, 0.2) is 0 Å². The molecular formula is C16H18N2O2. The Hall–Kier alpha value is -2.36. The number of para-hydroxylation sites is 1. The van der Waals surface area contributed by atoms with Crippen molar-refractivity contribution in [2.45, 2.75) is 20.8 Å². The zero-order chi connectivity index (χ0) is 14.5. The van der Waals surface area contributed by atoms with E-state index in [1.165, 1.54) is 0 Å². The highest BCUT2D eigenvalue weighted by Gasteiger charge is 2.14. The lowest BCUT2D eigenvalue weighted by molar-refractivity contribution is 0.0527. The zero-order valence-electron chi connectivity index (χ0n) is 11.9. The predicted molar refractivity (Wildman–Crippen MR) is 79.4 cm³/mol. The minimum absolute atomic E-state index is 0.344. The number of aryl methyl sites for hydroxylation is 2. The van der Waals surface area contributed by atoms with Crippen molar-refractivity contribution in [1.29, 1.82) is 0 Å². The Bertz CT molecular complexity index is 603. The molecule has 1 aromatic heterocycles. The summed E-state index contributed by atoms with van der Waals surface area (Å²) in [6.07, 6.45) is 1.65. The van der Waals surface area contributed by atoms with Gasteiger partial charge in [-0.1, -0.05) is 18.2 Å². The molecule has 1 heterocycles. The van der Waals surface area contributed by atoms with Crippen LogP contribution in [0.4, 0.5) is 11.5 Å². The molecule has 0 atom stereocenters. The lowest BCUT2D eigenvalue weighted by Gasteiger charge is -2.14. The van der Waals surface area contributed by atoms with Gasteiger partial charge in [-0.2, -0.15) is 0 Å². The number of carbonyl (C=O) groups is 1. The molecule has 0 radical (unpaired) electrons. The number of nitrogens with one attached hydrogen (secondary N) is 1. The van der Waals surface area contributed by atoms with Crippen molar-refractivity contribution in [2.24, 2.45) is 0 Å². The maximum Gasteiger partial charge on any atom is 0.341 e. The van der Waals surface area contributed by atoms with Crippen LogP contribution < -0.4 is 5.32 Å². The Balaban J connectivity index is 2.37. The Kier molecular flexibility index (Phi) is 4.35. The lowest BCUT2D eigenvalue weighted by Crippen LogP contribution is -2.09. The summed E-state index contributed by atoms with van der Waals surface area (Å²) in [7, 11) is 0. The first-order chi connectivity index (χ1) is 9.63. The molecule has 0 bridgehead atoms. The SMILES string of the molecule is CCOC(=O)c1cccnc1Nc1c(C)cccc1C. The molecule has 20 heavy (non-hydrogen) atoms. The van der Waals surface area contributed by atoms with Gasteiger partial charge in [-0.05, 0) is 44.0 Å². The number of anilines is 2.